The number of aryl methyl sites for hydroxylation is 3. The Balaban J connectivity index is 2.20. The van der Waals surface area contributed by atoms with E-state index < -0.39 is 0 Å². The summed E-state index contributed by atoms with van der Waals surface area (Å²) in [5.74, 6) is 1.02. The van der Waals surface area contributed by atoms with Gasteiger partial charge in [0.25, 0.3) is 0 Å². The van der Waals surface area contributed by atoms with Crippen LogP contribution in [0.2, 0.25) is 0 Å². The van der Waals surface area contributed by atoms with Gasteiger partial charge in [-0.25, -0.2) is 0 Å². The average Bonchev–Trinajstić information content (AvgIpc) is 2.57. The summed E-state index contributed by atoms with van der Waals surface area (Å²) in [6.45, 7) is 5.05. The molecule has 0 amide bonds. The Morgan fingerprint density at radius 2 is 2.11 bits per heavy atom. The molecule has 1 aliphatic rings. The second-order valence-electron chi connectivity index (χ2n) is 4.84. The Morgan fingerprint density at radius 3 is 2.89 bits per heavy atom. The summed E-state index contributed by atoms with van der Waals surface area (Å²) in [7, 11) is 2.01. The van der Waals surface area contributed by atoms with Crippen molar-refractivity contribution in [3.63, 3.8) is 0 Å². The van der Waals surface area contributed by atoms with E-state index in [-0.39, 0.29) is 0 Å². The number of aliphatic imine (C=N–C) groups is 1. The van der Waals surface area contributed by atoms with E-state index in [1.165, 1.54) is 21.7 Å². The van der Waals surface area contributed by atoms with Crippen LogP contribution in [0.4, 0.5) is 0 Å². The summed E-state index contributed by atoms with van der Waals surface area (Å²) in [6.07, 6.45) is 0. The fourth-order valence-electron chi connectivity index (χ4n) is 2.48. The van der Waals surface area contributed by atoms with Crippen molar-refractivity contribution in [2.75, 3.05) is 12.3 Å². The lowest BCUT2D eigenvalue weighted by Gasteiger charge is -2.07. The Morgan fingerprint density at radius 1 is 1.26 bits per heavy atom. The number of rotatable bonds is 1. The van der Waals surface area contributed by atoms with Gasteiger partial charge in [0.2, 0.25) is 0 Å². The first-order valence-electron chi connectivity index (χ1n) is 6.45. The van der Waals surface area contributed by atoms with Crippen molar-refractivity contribution in [1.29, 1.82) is 0 Å². The summed E-state index contributed by atoms with van der Waals surface area (Å²) >= 11 is 1.85. The predicted molar refractivity (Wildman–Crippen MR) is 80.4 cm³/mol. The number of nitrogens with zero attached hydrogens (tertiary/aromatic N) is 3. The largest absolute Gasteiger partial charge is 0.283 e. The highest BCUT2D eigenvalue weighted by molar-refractivity contribution is 7.99. The van der Waals surface area contributed by atoms with Crippen molar-refractivity contribution >= 4 is 17.5 Å². The molecule has 0 saturated heterocycles. The molecule has 0 bridgehead atoms. The number of thioether (sulfide) groups is 1. The van der Waals surface area contributed by atoms with Crippen LogP contribution >= 0.6 is 11.8 Å². The highest BCUT2D eigenvalue weighted by atomic mass is 32.2. The van der Waals surface area contributed by atoms with E-state index >= 15 is 0 Å². The third kappa shape index (κ3) is 2.21. The summed E-state index contributed by atoms with van der Waals surface area (Å²) in [4.78, 5) is 4.79. The van der Waals surface area contributed by atoms with Gasteiger partial charge in [0.1, 0.15) is 5.03 Å². The Hall–Kier alpha value is -1.55. The molecule has 2 aromatic rings. The molecule has 0 aliphatic carbocycles. The zero-order valence-electron chi connectivity index (χ0n) is 11.5. The van der Waals surface area contributed by atoms with Gasteiger partial charge in [-0.1, -0.05) is 23.8 Å². The van der Waals surface area contributed by atoms with Crippen LogP contribution in [0.3, 0.4) is 0 Å². The molecule has 0 unspecified atom stereocenters. The monoisotopic (exact) mass is 271 g/mol. The van der Waals surface area contributed by atoms with Gasteiger partial charge in [-0.05, 0) is 19.9 Å². The number of aromatic nitrogens is 2. The average molecular weight is 271 g/mol. The maximum absolute atomic E-state index is 4.79. The second-order valence-corrected chi connectivity index (χ2v) is 5.92. The fourth-order valence-corrected chi connectivity index (χ4v) is 3.47. The lowest BCUT2D eigenvalue weighted by atomic mass is 10.0. The third-order valence-corrected chi connectivity index (χ3v) is 4.43. The van der Waals surface area contributed by atoms with Gasteiger partial charge in [0.15, 0.2) is 0 Å². The van der Waals surface area contributed by atoms with Crippen LogP contribution in [0.15, 0.2) is 34.3 Å². The van der Waals surface area contributed by atoms with Gasteiger partial charge in [-0.15, -0.1) is 11.8 Å². The molecule has 19 heavy (non-hydrogen) atoms. The van der Waals surface area contributed by atoms with E-state index in [1.807, 2.05) is 23.5 Å². The molecule has 3 rings (SSSR count). The molecule has 3 nitrogen and oxygen atoms in total. The maximum Gasteiger partial charge on any atom is 0.103 e. The standard InChI is InChI=1S/C15H17N3S/c1-10-5-4-6-12(9-10)14-13-11(2)17-18(3)15(13)19-8-7-16-14/h4-6,9H,7-8H2,1-3H3. The molecule has 1 aromatic carbocycles. The van der Waals surface area contributed by atoms with Crippen LogP contribution in [-0.4, -0.2) is 27.8 Å². The normalized spacial score (nSPS) is 14.8. The highest BCUT2D eigenvalue weighted by Crippen LogP contribution is 2.30. The molecular formula is C15H17N3S. The highest BCUT2D eigenvalue weighted by Gasteiger charge is 2.22. The Bertz CT molecular complexity index is 655. The summed E-state index contributed by atoms with van der Waals surface area (Å²) in [6, 6.07) is 8.55. The zero-order valence-corrected chi connectivity index (χ0v) is 12.3. The van der Waals surface area contributed by atoms with Crippen LogP contribution in [0.25, 0.3) is 0 Å². The third-order valence-electron chi connectivity index (χ3n) is 3.30. The number of benzene rings is 1. The lowest BCUT2D eigenvalue weighted by Crippen LogP contribution is -2.05. The van der Waals surface area contributed by atoms with Crippen molar-refractivity contribution in [1.82, 2.24) is 9.78 Å². The minimum atomic E-state index is 0.863. The smallest absolute Gasteiger partial charge is 0.103 e. The quantitative estimate of drug-likeness (QED) is 0.798. The SMILES string of the molecule is Cc1cccc(C2=NCCSc3c2c(C)nn3C)c1. The second kappa shape index (κ2) is 4.85. The number of hydrogen-bond donors (Lipinski definition) is 0. The number of hydrogen-bond acceptors (Lipinski definition) is 3. The van der Waals surface area contributed by atoms with Crippen LogP contribution in [0.1, 0.15) is 22.4 Å². The first-order valence-corrected chi connectivity index (χ1v) is 7.43. The van der Waals surface area contributed by atoms with E-state index in [9.17, 15) is 0 Å². The summed E-state index contributed by atoms with van der Waals surface area (Å²) in [5.41, 5.74) is 5.82. The minimum Gasteiger partial charge on any atom is -0.283 e. The molecule has 0 spiro atoms. The molecule has 0 fully saturated rings. The number of fused-ring (bicyclic) bond motifs is 1. The molecule has 2 heterocycles. The lowest BCUT2D eigenvalue weighted by molar-refractivity contribution is 0.692. The van der Waals surface area contributed by atoms with Gasteiger partial charge in [0, 0.05) is 24.9 Å². The van der Waals surface area contributed by atoms with Gasteiger partial charge in [0.05, 0.1) is 17.0 Å². The summed E-state index contributed by atoms with van der Waals surface area (Å²) in [5, 5.41) is 5.78. The zero-order chi connectivity index (χ0) is 13.4. The van der Waals surface area contributed by atoms with E-state index in [2.05, 4.69) is 43.2 Å². The van der Waals surface area contributed by atoms with Crippen LogP contribution in [0.5, 0.6) is 0 Å². The first-order chi connectivity index (χ1) is 9.16. The molecule has 0 N–H and O–H groups in total. The van der Waals surface area contributed by atoms with Crippen molar-refractivity contribution < 1.29 is 0 Å². The minimum absolute atomic E-state index is 0.863. The van der Waals surface area contributed by atoms with Crippen LogP contribution in [0, 0.1) is 13.8 Å². The molecule has 4 heteroatoms. The maximum atomic E-state index is 4.79. The van der Waals surface area contributed by atoms with Gasteiger partial charge in [-0.2, -0.15) is 5.10 Å². The van der Waals surface area contributed by atoms with E-state index in [0.717, 1.165) is 23.7 Å². The first kappa shape index (κ1) is 12.5. The molecule has 0 saturated carbocycles. The molecule has 1 aliphatic heterocycles. The molecular weight excluding hydrogens is 254 g/mol. The molecule has 98 valence electrons. The van der Waals surface area contributed by atoms with Crippen LogP contribution in [-0.2, 0) is 7.05 Å². The Labute approximate surface area is 117 Å². The van der Waals surface area contributed by atoms with Crippen molar-refractivity contribution in [3.8, 4) is 0 Å². The van der Waals surface area contributed by atoms with Crippen molar-refractivity contribution in [3.05, 3.63) is 46.6 Å². The van der Waals surface area contributed by atoms with Gasteiger partial charge < -0.3 is 0 Å². The topological polar surface area (TPSA) is 30.2 Å². The van der Waals surface area contributed by atoms with Gasteiger partial charge >= 0.3 is 0 Å². The van der Waals surface area contributed by atoms with E-state index in [4.69, 9.17) is 4.99 Å². The summed E-state index contributed by atoms with van der Waals surface area (Å²) < 4.78 is 1.98. The van der Waals surface area contributed by atoms with Crippen LogP contribution < -0.4 is 0 Å². The van der Waals surface area contributed by atoms with Crippen molar-refractivity contribution in [2.45, 2.75) is 18.9 Å². The van der Waals surface area contributed by atoms with Crippen molar-refractivity contribution in [2.24, 2.45) is 12.0 Å². The predicted octanol–water partition coefficient (Wildman–Crippen LogP) is 2.98. The molecule has 1 aromatic heterocycles. The molecule has 0 radical (unpaired) electrons. The van der Waals surface area contributed by atoms with E-state index in [0.29, 0.717) is 0 Å². The molecule has 0 atom stereocenters. The van der Waals surface area contributed by atoms with E-state index in [1.54, 1.807) is 0 Å². The Kier molecular flexibility index (Phi) is 3.19. The fraction of sp³-hybridized carbons (Fsp3) is 0.333. The van der Waals surface area contributed by atoms with Gasteiger partial charge in [-0.3, -0.25) is 9.67 Å².